The summed E-state index contributed by atoms with van der Waals surface area (Å²) in [7, 11) is 0. The smallest absolute Gasteiger partial charge is 0.224 e. The Balaban J connectivity index is 0. The van der Waals surface area contributed by atoms with Crippen LogP contribution >= 0.6 is 0 Å². The fraction of sp³-hybridized carbons (Fsp3) is 0.881. The lowest BCUT2D eigenvalue weighted by atomic mass is 9.73. The molecule has 0 bridgehead atoms. The number of hydrogen-bond donors (Lipinski definition) is 12. The Morgan fingerprint density at radius 3 is 0.599 bits per heavy atom. The summed E-state index contributed by atoms with van der Waals surface area (Å²) in [5.41, 5.74) is 33.5. The maximum absolute atomic E-state index is 13.0. The third kappa shape index (κ3) is 51.3. The number of hydrogen-bond acceptors (Lipinski definition) is 12. The van der Waals surface area contributed by atoms with Crippen molar-refractivity contribution in [1.29, 1.82) is 0 Å². The Labute approximate surface area is 872 Å². The second kappa shape index (κ2) is 60.7. The highest BCUT2D eigenvalue weighted by atomic mass is 16.2. The van der Waals surface area contributed by atoms with Crippen LogP contribution in [0.2, 0.25) is 0 Å². The molecule has 0 heterocycles. The van der Waals surface area contributed by atoms with E-state index in [2.05, 4.69) is 59.3 Å². The normalized spacial score (nSPS) is 21.7. The van der Waals surface area contributed by atoms with Crippen LogP contribution in [0.25, 0.3) is 0 Å². The summed E-state index contributed by atoms with van der Waals surface area (Å²) in [6.45, 7) is 47.8. The van der Waals surface area contributed by atoms with E-state index in [-0.39, 0.29) is 172 Å². The molecule has 0 aromatic heterocycles. The predicted octanol–water partition coefficient (Wildman–Crippen LogP) is 23.6. The van der Waals surface area contributed by atoms with E-state index in [1.54, 1.807) is 0 Å². The Bertz CT molecular complexity index is 3720. The van der Waals surface area contributed by atoms with Gasteiger partial charge < -0.3 is 66.3 Å². The minimum Gasteiger partial charge on any atom is -0.369 e. The largest absolute Gasteiger partial charge is 0.369 e. The second-order valence-electron chi connectivity index (χ2n) is 53.6. The third-order valence-corrected chi connectivity index (χ3v) is 32.6. The molecule has 0 aliphatic heterocycles. The summed E-state index contributed by atoms with van der Waals surface area (Å²) >= 11 is 0. The van der Waals surface area contributed by atoms with Gasteiger partial charge in [-0.2, -0.15) is 0 Å². The summed E-state index contributed by atoms with van der Waals surface area (Å²) in [4.78, 5) is 149. The lowest BCUT2D eigenvalue weighted by molar-refractivity contribution is -0.135. The summed E-state index contributed by atoms with van der Waals surface area (Å²) in [5.74, 6) is 2.02. The van der Waals surface area contributed by atoms with E-state index in [1.807, 2.05) is 132 Å². The van der Waals surface area contributed by atoms with Crippen LogP contribution in [0.5, 0.6) is 0 Å². The van der Waals surface area contributed by atoms with Crippen molar-refractivity contribution in [3.63, 3.8) is 0 Å². The first-order chi connectivity index (χ1) is 66.1. The second-order valence-corrected chi connectivity index (χ2v) is 53.6. The quantitative estimate of drug-likeness (QED) is 0.0253. The first-order valence-electron chi connectivity index (χ1n) is 57.5. The van der Waals surface area contributed by atoms with Crippen LogP contribution in [-0.4, -0.2) is 104 Å². The van der Waals surface area contributed by atoms with Gasteiger partial charge in [0.05, 0.1) is 5.92 Å². The number of primary amides is 6. The molecule has 10 rings (SSSR count). The van der Waals surface area contributed by atoms with Crippen molar-refractivity contribution in [3.8, 4) is 0 Å². The molecule has 0 aromatic rings. The van der Waals surface area contributed by atoms with E-state index < -0.39 is 11.8 Å². The number of allylic oxidation sites excluding steroid dienone is 1. The zero-order valence-electron chi connectivity index (χ0n) is 94.2. The van der Waals surface area contributed by atoms with E-state index in [9.17, 15) is 57.5 Å². The van der Waals surface area contributed by atoms with Crippen molar-refractivity contribution in [1.82, 2.24) is 31.9 Å². The van der Waals surface area contributed by atoms with Crippen molar-refractivity contribution < 1.29 is 66.1 Å². The molecule has 830 valence electrons. The maximum Gasteiger partial charge on any atom is 0.224 e. The van der Waals surface area contributed by atoms with E-state index in [1.165, 1.54) is 218 Å². The van der Waals surface area contributed by atoms with Crippen LogP contribution in [0.3, 0.4) is 0 Å². The highest BCUT2D eigenvalue weighted by molar-refractivity contribution is 5.91. The maximum atomic E-state index is 13.0. The molecule has 10 fully saturated rings. The van der Waals surface area contributed by atoms with Gasteiger partial charge in [0.15, 0.2) is 0 Å². The van der Waals surface area contributed by atoms with E-state index in [0.29, 0.717) is 66.6 Å². The average molecular weight is 2010 g/mol. The molecular weight excluding hydrogens is 1780 g/mol. The van der Waals surface area contributed by atoms with Crippen molar-refractivity contribution in [2.75, 3.05) is 0 Å². The average Bonchev–Trinajstić information content (AvgIpc) is 1.68. The topological polar surface area (TPSA) is 433 Å². The highest BCUT2D eigenvalue weighted by Crippen LogP contribution is 2.47. The molecule has 24 heteroatoms. The van der Waals surface area contributed by atoms with Gasteiger partial charge in [-0.3, -0.25) is 57.5 Å². The number of carbonyl (C=O) groups is 12. The lowest BCUT2D eigenvalue weighted by Crippen LogP contribution is -2.48. The van der Waals surface area contributed by atoms with Gasteiger partial charge in [0.1, 0.15) is 0 Å². The summed E-state index contributed by atoms with van der Waals surface area (Å²) < 4.78 is 0. The molecule has 10 aliphatic carbocycles. The van der Waals surface area contributed by atoms with Gasteiger partial charge in [-0.05, 0) is 325 Å². The van der Waals surface area contributed by atoms with Gasteiger partial charge in [-0.25, -0.2) is 0 Å². The minimum atomic E-state index is -0.411. The van der Waals surface area contributed by atoms with Gasteiger partial charge in [0.2, 0.25) is 70.9 Å². The monoisotopic (exact) mass is 2000 g/mol. The molecule has 12 amide bonds. The number of amides is 12. The van der Waals surface area contributed by atoms with Crippen molar-refractivity contribution in [2.45, 2.75) is 519 Å². The van der Waals surface area contributed by atoms with Crippen LogP contribution in [0, 0.1) is 142 Å². The third-order valence-electron chi connectivity index (χ3n) is 32.6. The molecule has 24 nitrogen and oxygen atoms in total. The van der Waals surface area contributed by atoms with Crippen molar-refractivity contribution in [2.24, 2.45) is 176 Å². The minimum absolute atomic E-state index is 0. The van der Waals surface area contributed by atoms with Crippen LogP contribution in [-0.2, 0) is 57.5 Å². The fourth-order valence-corrected chi connectivity index (χ4v) is 24.3. The molecular formula is C118H226N12O12. The molecule has 0 saturated heterocycles. The SMILES string of the molecule is C=C(C)C[C@@H](C(=O)NC(C)(C)C)[C@H](CCC1CCCC1)C(N)=O.CC(C)(C)NC(=O)[C@H](CC1CC1)[C@H](CCC1CCCC1)C(N)=O.CC(C)(C)NC(=O)[C@H](CC1CCC1)[C@H](CCC1CCCC1)C(N)=O.CC(C)(C)NC(=O)[C@H](CC1CCCC1)[C@H](CCC1CCCC1)C(N)=O.CC(C)C[C@@H](C(=O)NC(C)(C)C)[C@H](CCC1CCCC1)C(N)=O.CC1CC1C[C@@H](C(=O)NC(C)(C)C)[C@H](CCC1CCCC1)C(N)=O.[HH].[HH].[HH].[HH].[HH].[HH]. The number of nitrogens with one attached hydrogen (secondary N) is 6. The van der Waals surface area contributed by atoms with Gasteiger partial charge >= 0.3 is 0 Å². The van der Waals surface area contributed by atoms with Gasteiger partial charge in [-0.15, -0.1) is 6.58 Å². The molecule has 0 aromatic carbocycles. The van der Waals surface area contributed by atoms with Crippen LogP contribution < -0.4 is 66.3 Å². The zero-order valence-corrected chi connectivity index (χ0v) is 94.2. The molecule has 10 aliphatic rings. The van der Waals surface area contributed by atoms with Crippen LogP contribution in [0.1, 0.15) is 495 Å². The Kier molecular flexibility index (Phi) is 53.8. The van der Waals surface area contributed by atoms with Crippen LogP contribution in [0.15, 0.2) is 12.2 Å². The van der Waals surface area contributed by atoms with E-state index in [0.717, 1.165) is 126 Å². The van der Waals surface area contributed by atoms with Crippen LogP contribution in [0.4, 0.5) is 0 Å². The Morgan fingerprint density at radius 2 is 0.430 bits per heavy atom. The van der Waals surface area contributed by atoms with Gasteiger partial charge in [0, 0.05) is 107 Å². The molecule has 0 spiro atoms. The Morgan fingerprint density at radius 1 is 0.261 bits per heavy atom. The molecule has 2 unspecified atom stereocenters. The highest BCUT2D eigenvalue weighted by Gasteiger charge is 2.46. The molecule has 10 saturated carbocycles. The first kappa shape index (κ1) is 126. The van der Waals surface area contributed by atoms with E-state index in [4.69, 9.17) is 34.4 Å². The summed E-state index contributed by atoms with van der Waals surface area (Å²) in [6.07, 6.45) is 58.0. The molecule has 142 heavy (non-hydrogen) atoms. The Hall–Kier alpha value is -6.62. The van der Waals surface area contributed by atoms with E-state index >= 15 is 0 Å². The zero-order chi connectivity index (χ0) is 106. The number of carbonyl (C=O) groups excluding carboxylic acids is 12. The number of rotatable bonds is 48. The first-order valence-corrected chi connectivity index (χ1v) is 57.5. The van der Waals surface area contributed by atoms with Gasteiger partial charge in [-0.1, -0.05) is 238 Å². The standard InChI is InChI=1S/C21H38N2O2.2C20H36N2O2.C19H34N2O2.C19H36N2O2.C19H34N2O2.6H2/c1-21(2,3)23-20(25)18(14-16-10-6-7-11-16)17(19(22)24)13-12-15-8-4-5-9-15;1-13-11-15(13)12-17(19(24)22-20(2,3)4)16(18(21)23)10-9-14-7-5-6-8-14;1-20(2,3)22-19(24)17(13-15-9-6-10-15)16(18(21)23)12-11-14-7-4-5-8-14;1-19(2,3)21-18(23)16(12-14-8-9-14)15(17(20)22)11-10-13-6-4-5-7-13;2*1-13(2)12-16(18(23)21-19(3,4)5)15(17(20)22)11-10-14-8-6-7-9-14;;;;;;/h15-18H,4-14H2,1-3H3,(H2,22,24)(H,23,25);13-17H,5-12H2,1-4H3,(H2,21,23)(H,22,24);14-17H,4-13H2,1-3H3,(H2,21,23)(H,22,24);13-16H,4-12H2,1-3H3,(H2,20,22)(H,21,23);13-16H,6-12H2,1-5H3,(H2,20,22)(H,21,23);14-16H,1,6-12H2,2-5H3,(H2,20,22)(H,21,23);6*1H/t17-,18+;13?,15?,16-,17+;16-,17+;3*15-,16+;;;;;;/m000000....../s1. The molecule has 18 N–H and O–H groups in total. The number of nitrogens with two attached hydrogens (primary N) is 6. The van der Waals surface area contributed by atoms with Crippen molar-refractivity contribution >= 4 is 70.9 Å². The molecule has 14 atom stereocenters. The molecule has 0 radical (unpaired) electrons. The lowest BCUT2D eigenvalue weighted by Gasteiger charge is -2.34. The summed E-state index contributed by atoms with van der Waals surface area (Å²) in [5, 5.41) is 18.4. The van der Waals surface area contributed by atoms with Crippen molar-refractivity contribution in [3.05, 3.63) is 12.2 Å². The van der Waals surface area contributed by atoms with Gasteiger partial charge in [0.25, 0.3) is 0 Å². The summed E-state index contributed by atoms with van der Waals surface area (Å²) in [6, 6.07) is 0. The fourth-order valence-electron chi connectivity index (χ4n) is 24.3. The predicted molar refractivity (Wildman–Crippen MR) is 591 cm³/mol.